The summed E-state index contributed by atoms with van der Waals surface area (Å²) < 4.78 is 5.01. The number of nitrogens with zero attached hydrogens (tertiary/aromatic N) is 1. The topological polar surface area (TPSA) is 54.4 Å². The zero-order valence-corrected chi connectivity index (χ0v) is 11.0. The first-order valence-electron chi connectivity index (χ1n) is 6.20. The highest BCUT2D eigenvalue weighted by atomic mass is 16.5. The van der Waals surface area contributed by atoms with Gasteiger partial charge in [-0.05, 0) is 16.7 Å². The van der Waals surface area contributed by atoms with Gasteiger partial charge in [0.15, 0.2) is 0 Å². The summed E-state index contributed by atoms with van der Waals surface area (Å²) in [6, 6.07) is 11.7. The summed E-state index contributed by atoms with van der Waals surface area (Å²) in [6.45, 7) is 1.59. The van der Waals surface area contributed by atoms with E-state index in [1.54, 1.807) is 13.3 Å². The van der Waals surface area contributed by atoms with Crippen molar-refractivity contribution in [2.75, 3.05) is 7.11 Å². The largest absolute Gasteiger partial charge is 0.481 e. The molecule has 1 aromatic carbocycles. The quantitative estimate of drug-likeness (QED) is 0.830. The molecule has 0 saturated carbocycles. The summed E-state index contributed by atoms with van der Waals surface area (Å²) in [6.07, 6.45) is 1.80. The third-order valence-electron chi connectivity index (χ3n) is 2.84. The lowest BCUT2D eigenvalue weighted by molar-refractivity contribution is 0.281. The lowest BCUT2D eigenvalue weighted by atomic mass is 10.1. The normalized spacial score (nSPS) is 10.4. The molecule has 0 aliphatic rings. The van der Waals surface area contributed by atoms with Gasteiger partial charge in [0.25, 0.3) is 0 Å². The van der Waals surface area contributed by atoms with Crippen LogP contribution in [0, 0.1) is 0 Å². The summed E-state index contributed by atoms with van der Waals surface area (Å²) in [7, 11) is 1.61. The van der Waals surface area contributed by atoms with Gasteiger partial charge >= 0.3 is 0 Å². The molecule has 2 rings (SSSR count). The van der Waals surface area contributed by atoms with Gasteiger partial charge in [0, 0.05) is 25.4 Å². The average Bonchev–Trinajstić information content (AvgIpc) is 2.48. The first-order valence-corrected chi connectivity index (χ1v) is 6.20. The van der Waals surface area contributed by atoms with E-state index in [4.69, 9.17) is 9.84 Å². The van der Waals surface area contributed by atoms with Gasteiger partial charge in [-0.15, -0.1) is 0 Å². The standard InChI is InChI=1S/C15H18N2O2/c1-19-15-6-5-14(10-17-15)9-16-8-12-3-2-4-13(7-12)11-18/h2-7,10,16,18H,8-9,11H2,1H3. The lowest BCUT2D eigenvalue weighted by Crippen LogP contribution is -2.13. The molecule has 0 unspecified atom stereocenters. The van der Waals surface area contributed by atoms with Crippen LogP contribution in [0.2, 0.25) is 0 Å². The van der Waals surface area contributed by atoms with Gasteiger partial charge in [-0.2, -0.15) is 0 Å². The molecule has 100 valence electrons. The van der Waals surface area contributed by atoms with E-state index in [0.29, 0.717) is 5.88 Å². The van der Waals surface area contributed by atoms with Crippen LogP contribution in [0.5, 0.6) is 5.88 Å². The van der Waals surface area contributed by atoms with E-state index in [2.05, 4.69) is 10.3 Å². The van der Waals surface area contributed by atoms with Crippen molar-refractivity contribution in [2.24, 2.45) is 0 Å². The van der Waals surface area contributed by atoms with E-state index in [0.717, 1.165) is 29.8 Å². The molecule has 2 aromatic rings. The number of methoxy groups -OCH3 is 1. The number of aromatic nitrogens is 1. The molecule has 4 heteroatoms. The number of hydrogen-bond acceptors (Lipinski definition) is 4. The fraction of sp³-hybridized carbons (Fsp3) is 0.267. The van der Waals surface area contributed by atoms with Crippen molar-refractivity contribution in [3.05, 3.63) is 59.3 Å². The highest BCUT2D eigenvalue weighted by molar-refractivity contribution is 5.23. The van der Waals surface area contributed by atoms with Gasteiger partial charge in [-0.1, -0.05) is 30.3 Å². The number of aliphatic hydroxyl groups excluding tert-OH is 1. The summed E-state index contributed by atoms with van der Waals surface area (Å²) >= 11 is 0. The summed E-state index contributed by atoms with van der Waals surface area (Å²) in [4.78, 5) is 4.15. The fourth-order valence-electron chi connectivity index (χ4n) is 1.83. The highest BCUT2D eigenvalue weighted by Gasteiger charge is 1.97. The monoisotopic (exact) mass is 258 g/mol. The lowest BCUT2D eigenvalue weighted by Gasteiger charge is -2.06. The number of benzene rings is 1. The average molecular weight is 258 g/mol. The molecular formula is C15H18N2O2. The number of hydrogen-bond donors (Lipinski definition) is 2. The van der Waals surface area contributed by atoms with Crippen LogP contribution in [0.1, 0.15) is 16.7 Å². The second-order valence-electron chi connectivity index (χ2n) is 4.29. The Labute approximate surface area is 113 Å². The van der Waals surface area contributed by atoms with E-state index in [1.807, 2.05) is 36.4 Å². The minimum atomic E-state index is 0.0796. The van der Waals surface area contributed by atoms with Crippen LogP contribution in [-0.4, -0.2) is 17.2 Å². The Bertz CT molecular complexity index is 512. The van der Waals surface area contributed by atoms with Gasteiger partial charge in [-0.25, -0.2) is 4.98 Å². The van der Waals surface area contributed by atoms with Crippen LogP contribution in [0.25, 0.3) is 0 Å². The second kappa shape index (κ2) is 6.87. The smallest absolute Gasteiger partial charge is 0.212 e. The Balaban J connectivity index is 1.85. The Morgan fingerprint density at radius 1 is 1.11 bits per heavy atom. The van der Waals surface area contributed by atoms with Crippen molar-refractivity contribution in [2.45, 2.75) is 19.7 Å². The highest BCUT2D eigenvalue weighted by Crippen LogP contribution is 2.08. The van der Waals surface area contributed by atoms with Gasteiger partial charge < -0.3 is 15.2 Å². The molecule has 0 saturated heterocycles. The Kier molecular flexibility index (Phi) is 4.89. The summed E-state index contributed by atoms with van der Waals surface area (Å²) in [5.74, 6) is 0.624. The van der Waals surface area contributed by atoms with Crippen LogP contribution in [0.3, 0.4) is 0 Å². The van der Waals surface area contributed by atoms with Crippen LogP contribution in [0.4, 0.5) is 0 Å². The molecule has 0 fully saturated rings. The first kappa shape index (κ1) is 13.5. The van der Waals surface area contributed by atoms with Crippen LogP contribution >= 0.6 is 0 Å². The predicted molar refractivity (Wildman–Crippen MR) is 73.7 cm³/mol. The zero-order chi connectivity index (χ0) is 13.5. The third-order valence-corrected chi connectivity index (χ3v) is 2.84. The number of aliphatic hydroxyl groups is 1. The van der Waals surface area contributed by atoms with Crippen molar-refractivity contribution in [3.63, 3.8) is 0 Å². The van der Waals surface area contributed by atoms with Crippen LogP contribution in [0.15, 0.2) is 42.6 Å². The van der Waals surface area contributed by atoms with Gasteiger partial charge in [0.05, 0.1) is 13.7 Å². The molecule has 4 nitrogen and oxygen atoms in total. The minimum Gasteiger partial charge on any atom is -0.481 e. The van der Waals surface area contributed by atoms with E-state index in [1.165, 1.54) is 0 Å². The number of nitrogens with one attached hydrogen (secondary N) is 1. The maximum absolute atomic E-state index is 9.07. The molecular weight excluding hydrogens is 240 g/mol. The first-order chi connectivity index (χ1) is 9.31. The van der Waals surface area contributed by atoms with Crippen molar-refractivity contribution in [3.8, 4) is 5.88 Å². The maximum atomic E-state index is 9.07. The Morgan fingerprint density at radius 3 is 2.58 bits per heavy atom. The van der Waals surface area contributed by atoms with Gasteiger partial charge in [-0.3, -0.25) is 0 Å². The number of pyridine rings is 1. The van der Waals surface area contributed by atoms with E-state index >= 15 is 0 Å². The third kappa shape index (κ3) is 4.05. The zero-order valence-electron chi connectivity index (χ0n) is 11.0. The summed E-state index contributed by atoms with van der Waals surface area (Å²) in [5.41, 5.74) is 3.21. The molecule has 0 aliphatic carbocycles. The molecule has 1 aromatic heterocycles. The van der Waals surface area contributed by atoms with Crippen molar-refractivity contribution in [1.82, 2.24) is 10.3 Å². The summed E-state index contributed by atoms with van der Waals surface area (Å²) in [5, 5.41) is 12.4. The van der Waals surface area contributed by atoms with E-state index < -0.39 is 0 Å². The van der Waals surface area contributed by atoms with Gasteiger partial charge in [0.1, 0.15) is 0 Å². The second-order valence-corrected chi connectivity index (χ2v) is 4.29. The van der Waals surface area contributed by atoms with E-state index in [9.17, 15) is 0 Å². The van der Waals surface area contributed by atoms with Crippen LogP contribution < -0.4 is 10.1 Å². The molecule has 0 bridgehead atoms. The molecule has 0 aliphatic heterocycles. The van der Waals surface area contributed by atoms with Crippen molar-refractivity contribution in [1.29, 1.82) is 0 Å². The molecule has 19 heavy (non-hydrogen) atoms. The minimum absolute atomic E-state index is 0.0796. The molecule has 2 N–H and O–H groups in total. The molecule has 0 spiro atoms. The van der Waals surface area contributed by atoms with Crippen LogP contribution in [-0.2, 0) is 19.7 Å². The van der Waals surface area contributed by atoms with Crippen molar-refractivity contribution < 1.29 is 9.84 Å². The Morgan fingerprint density at radius 2 is 1.89 bits per heavy atom. The fourth-order valence-corrected chi connectivity index (χ4v) is 1.83. The predicted octanol–water partition coefficient (Wildman–Crippen LogP) is 1.87. The SMILES string of the molecule is COc1ccc(CNCc2cccc(CO)c2)cn1. The van der Waals surface area contributed by atoms with E-state index in [-0.39, 0.29) is 6.61 Å². The van der Waals surface area contributed by atoms with Gasteiger partial charge in [0.2, 0.25) is 5.88 Å². The number of ether oxygens (including phenoxy) is 1. The molecule has 1 heterocycles. The maximum Gasteiger partial charge on any atom is 0.212 e. The van der Waals surface area contributed by atoms with Crippen molar-refractivity contribution >= 4 is 0 Å². The number of rotatable bonds is 6. The Hall–Kier alpha value is -1.91. The molecule has 0 amide bonds. The molecule has 0 atom stereocenters. The molecule has 0 radical (unpaired) electrons.